The van der Waals surface area contributed by atoms with Crippen LogP contribution in [0, 0.1) is 13.8 Å². The molecule has 0 bridgehead atoms. The van der Waals surface area contributed by atoms with Crippen molar-refractivity contribution in [3.8, 4) is 0 Å². The minimum Gasteiger partial charge on any atom is -0.394 e. The zero-order valence-electron chi connectivity index (χ0n) is 10.9. The first kappa shape index (κ1) is 12.4. The highest BCUT2D eigenvalue weighted by Crippen LogP contribution is 2.27. The van der Waals surface area contributed by atoms with Gasteiger partial charge in [0.05, 0.1) is 12.6 Å². The zero-order valence-corrected chi connectivity index (χ0v) is 10.9. The Balaban J connectivity index is 2.38. The molecule has 3 nitrogen and oxygen atoms in total. The average Bonchev–Trinajstić information content (AvgIpc) is 2.33. The summed E-state index contributed by atoms with van der Waals surface area (Å²) in [7, 11) is 0. The van der Waals surface area contributed by atoms with E-state index < -0.39 is 0 Å². The van der Waals surface area contributed by atoms with Crippen molar-refractivity contribution in [2.75, 3.05) is 24.6 Å². The topological polar surface area (TPSA) is 35.5 Å². The number of hydrogen-bond acceptors (Lipinski definition) is 3. The molecule has 0 amide bonds. The van der Waals surface area contributed by atoms with Crippen molar-refractivity contribution >= 4 is 5.69 Å². The number of hydrogen-bond donors (Lipinski definition) is 2. The average molecular weight is 234 g/mol. The Morgan fingerprint density at radius 3 is 2.82 bits per heavy atom. The number of anilines is 1. The quantitative estimate of drug-likeness (QED) is 0.813. The molecule has 1 aromatic carbocycles. The van der Waals surface area contributed by atoms with Crippen LogP contribution in [-0.2, 0) is 0 Å². The molecule has 17 heavy (non-hydrogen) atoms. The summed E-state index contributed by atoms with van der Waals surface area (Å²) in [5, 5.41) is 12.9. The van der Waals surface area contributed by atoms with Gasteiger partial charge in [-0.3, -0.25) is 0 Å². The Labute approximate surface area is 103 Å². The Kier molecular flexibility index (Phi) is 3.69. The van der Waals surface area contributed by atoms with Crippen LogP contribution in [0.25, 0.3) is 0 Å². The second-order valence-corrected chi connectivity index (χ2v) is 4.97. The summed E-state index contributed by atoms with van der Waals surface area (Å²) < 4.78 is 0. The Morgan fingerprint density at radius 2 is 2.12 bits per heavy atom. The third kappa shape index (κ3) is 2.31. The van der Waals surface area contributed by atoms with Crippen LogP contribution in [0.2, 0.25) is 0 Å². The molecule has 1 aromatic rings. The van der Waals surface area contributed by atoms with Crippen LogP contribution in [0.3, 0.4) is 0 Å². The molecule has 0 aliphatic carbocycles. The van der Waals surface area contributed by atoms with Crippen LogP contribution in [0.5, 0.6) is 0 Å². The fourth-order valence-electron chi connectivity index (χ4n) is 2.62. The molecular formula is C14H22N2O. The molecule has 94 valence electrons. The van der Waals surface area contributed by atoms with Crippen molar-refractivity contribution in [1.82, 2.24) is 5.32 Å². The van der Waals surface area contributed by atoms with E-state index in [0.29, 0.717) is 6.04 Å². The molecule has 0 aromatic heterocycles. The Morgan fingerprint density at radius 1 is 1.35 bits per heavy atom. The molecule has 1 aliphatic heterocycles. The van der Waals surface area contributed by atoms with Crippen molar-refractivity contribution in [3.63, 3.8) is 0 Å². The van der Waals surface area contributed by atoms with Crippen molar-refractivity contribution < 1.29 is 5.11 Å². The molecule has 1 heterocycles. The lowest BCUT2D eigenvalue weighted by molar-refractivity contribution is 0.235. The monoisotopic (exact) mass is 234 g/mol. The number of aryl methyl sites for hydroxylation is 1. The summed E-state index contributed by atoms with van der Waals surface area (Å²) in [6, 6.07) is 6.99. The number of benzene rings is 1. The Hall–Kier alpha value is -1.06. The first-order chi connectivity index (χ1) is 8.15. The van der Waals surface area contributed by atoms with Crippen molar-refractivity contribution in [2.45, 2.75) is 32.9 Å². The summed E-state index contributed by atoms with van der Waals surface area (Å²) >= 11 is 0. The fourth-order valence-corrected chi connectivity index (χ4v) is 2.62. The molecule has 0 spiro atoms. The van der Waals surface area contributed by atoms with Gasteiger partial charge in [-0.15, -0.1) is 0 Å². The summed E-state index contributed by atoms with van der Waals surface area (Å²) in [4.78, 5) is 2.36. The zero-order chi connectivity index (χ0) is 12.4. The predicted octanol–water partition coefficient (Wildman–Crippen LogP) is 1.46. The van der Waals surface area contributed by atoms with Gasteiger partial charge in [-0.25, -0.2) is 0 Å². The van der Waals surface area contributed by atoms with Gasteiger partial charge in [0, 0.05) is 24.8 Å². The number of rotatable bonds is 2. The van der Waals surface area contributed by atoms with Crippen LogP contribution in [0.4, 0.5) is 5.69 Å². The van der Waals surface area contributed by atoms with Gasteiger partial charge < -0.3 is 15.3 Å². The molecule has 1 saturated heterocycles. The maximum atomic E-state index is 9.52. The van der Waals surface area contributed by atoms with E-state index >= 15 is 0 Å². The smallest absolute Gasteiger partial charge is 0.0649 e. The van der Waals surface area contributed by atoms with Crippen LogP contribution in [-0.4, -0.2) is 36.9 Å². The van der Waals surface area contributed by atoms with E-state index in [1.165, 1.54) is 16.8 Å². The van der Waals surface area contributed by atoms with Gasteiger partial charge in [0.1, 0.15) is 0 Å². The fraction of sp³-hybridized carbons (Fsp3) is 0.571. The van der Waals surface area contributed by atoms with Crippen molar-refractivity contribution in [2.24, 2.45) is 0 Å². The SMILES string of the molecule is Cc1cccc(N2C(C)CNCC2CO)c1C. The van der Waals surface area contributed by atoms with E-state index in [1.807, 2.05) is 0 Å². The molecule has 2 N–H and O–H groups in total. The van der Waals surface area contributed by atoms with Gasteiger partial charge in [-0.2, -0.15) is 0 Å². The molecule has 3 heteroatoms. The molecule has 1 fully saturated rings. The Bertz CT molecular complexity index is 392. The lowest BCUT2D eigenvalue weighted by Gasteiger charge is -2.43. The van der Waals surface area contributed by atoms with Gasteiger partial charge in [0.25, 0.3) is 0 Å². The third-order valence-corrected chi connectivity index (χ3v) is 3.75. The molecule has 2 unspecified atom stereocenters. The van der Waals surface area contributed by atoms with Crippen LogP contribution < -0.4 is 10.2 Å². The van der Waals surface area contributed by atoms with Gasteiger partial charge in [0.2, 0.25) is 0 Å². The molecule has 0 radical (unpaired) electrons. The van der Waals surface area contributed by atoms with E-state index in [2.05, 4.69) is 49.2 Å². The minimum atomic E-state index is 0.180. The minimum absolute atomic E-state index is 0.180. The van der Waals surface area contributed by atoms with E-state index in [4.69, 9.17) is 0 Å². The number of nitrogens with zero attached hydrogens (tertiary/aromatic N) is 1. The highest BCUT2D eigenvalue weighted by atomic mass is 16.3. The third-order valence-electron chi connectivity index (χ3n) is 3.75. The summed E-state index contributed by atoms with van der Waals surface area (Å²) in [5.74, 6) is 0. The summed E-state index contributed by atoms with van der Waals surface area (Å²) in [5.41, 5.74) is 3.89. The number of aliphatic hydroxyl groups is 1. The molecule has 0 saturated carbocycles. The molecular weight excluding hydrogens is 212 g/mol. The van der Waals surface area contributed by atoms with E-state index in [-0.39, 0.29) is 12.6 Å². The number of piperazine rings is 1. The summed E-state index contributed by atoms with van der Waals surface area (Å²) in [6.07, 6.45) is 0. The largest absolute Gasteiger partial charge is 0.394 e. The standard InChI is InChI=1S/C14H22N2O/c1-10-5-4-6-14(12(10)3)16-11(2)7-15-8-13(16)9-17/h4-6,11,13,15,17H,7-9H2,1-3H3. The van der Waals surface area contributed by atoms with E-state index in [0.717, 1.165) is 13.1 Å². The maximum absolute atomic E-state index is 9.52. The number of nitrogens with one attached hydrogen (secondary N) is 1. The molecule has 1 aliphatic rings. The number of aliphatic hydroxyl groups excluding tert-OH is 1. The van der Waals surface area contributed by atoms with Crippen LogP contribution in [0.15, 0.2) is 18.2 Å². The highest BCUT2D eigenvalue weighted by molar-refractivity contribution is 5.57. The van der Waals surface area contributed by atoms with Crippen LogP contribution >= 0.6 is 0 Å². The predicted molar refractivity (Wildman–Crippen MR) is 71.6 cm³/mol. The van der Waals surface area contributed by atoms with Gasteiger partial charge in [0.15, 0.2) is 0 Å². The molecule has 2 atom stereocenters. The van der Waals surface area contributed by atoms with Gasteiger partial charge >= 0.3 is 0 Å². The molecule has 2 rings (SSSR count). The second kappa shape index (κ2) is 5.07. The first-order valence-corrected chi connectivity index (χ1v) is 6.31. The van der Waals surface area contributed by atoms with E-state index in [1.54, 1.807) is 0 Å². The maximum Gasteiger partial charge on any atom is 0.0649 e. The first-order valence-electron chi connectivity index (χ1n) is 6.31. The van der Waals surface area contributed by atoms with Crippen LogP contribution in [0.1, 0.15) is 18.1 Å². The highest BCUT2D eigenvalue weighted by Gasteiger charge is 2.28. The lowest BCUT2D eigenvalue weighted by Crippen LogP contribution is -2.58. The van der Waals surface area contributed by atoms with Crippen molar-refractivity contribution in [3.05, 3.63) is 29.3 Å². The van der Waals surface area contributed by atoms with E-state index in [9.17, 15) is 5.11 Å². The normalized spacial score (nSPS) is 25.1. The van der Waals surface area contributed by atoms with Gasteiger partial charge in [-0.05, 0) is 38.0 Å². The lowest BCUT2D eigenvalue weighted by atomic mass is 10.0. The van der Waals surface area contributed by atoms with Crippen molar-refractivity contribution in [1.29, 1.82) is 0 Å². The van der Waals surface area contributed by atoms with Gasteiger partial charge in [-0.1, -0.05) is 12.1 Å². The second-order valence-electron chi connectivity index (χ2n) is 4.97. The summed E-state index contributed by atoms with van der Waals surface area (Å²) in [6.45, 7) is 8.53.